The van der Waals surface area contributed by atoms with Gasteiger partial charge in [0.25, 0.3) is 0 Å². The largest absolute Gasteiger partial charge is 0.354 e. The van der Waals surface area contributed by atoms with Crippen molar-refractivity contribution >= 4 is 23.5 Å². The smallest absolute Gasteiger partial charge is 0.229 e. The van der Waals surface area contributed by atoms with E-state index < -0.39 is 5.54 Å². The Labute approximate surface area is 100 Å². The van der Waals surface area contributed by atoms with Crippen LogP contribution in [0.2, 0.25) is 5.28 Å². The first kappa shape index (κ1) is 12.5. The second kappa shape index (κ2) is 4.99. The van der Waals surface area contributed by atoms with E-state index in [1.807, 2.05) is 20.8 Å². The number of hydrogen-bond acceptors (Lipinski definition) is 5. The summed E-state index contributed by atoms with van der Waals surface area (Å²) < 4.78 is 0. The van der Waals surface area contributed by atoms with Gasteiger partial charge in [-0.2, -0.15) is 15.0 Å². The molecule has 5 nitrogen and oxygen atoms in total. The number of hydrogen-bond donors (Lipinski definition) is 2. The number of terminal acetylenes is 1. The summed E-state index contributed by atoms with van der Waals surface area (Å²) >= 11 is 5.76. The fourth-order valence-electron chi connectivity index (χ4n) is 0.959. The Morgan fingerprint density at radius 3 is 2.50 bits per heavy atom. The Morgan fingerprint density at radius 1 is 1.31 bits per heavy atom. The third-order valence-electron chi connectivity index (χ3n) is 1.73. The second-order valence-corrected chi connectivity index (χ2v) is 4.01. The van der Waals surface area contributed by atoms with Crippen LogP contribution in [0.4, 0.5) is 11.9 Å². The SMILES string of the molecule is C#CC(C)(C)Nc1nc(Cl)nc(NCC)n1. The Kier molecular flexibility index (Phi) is 3.91. The highest BCUT2D eigenvalue weighted by atomic mass is 35.5. The van der Waals surface area contributed by atoms with E-state index in [1.54, 1.807) is 0 Å². The number of nitrogens with zero attached hydrogens (tertiary/aromatic N) is 3. The summed E-state index contributed by atoms with van der Waals surface area (Å²) in [6.07, 6.45) is 5.36. The normalized spacial score (nSPS) is 10.7. The summed E-state index contributed by atoms with van der Waals surface area (Å²) in [5.41, 5.74) is -0.534. The highest BCUT2D eigenvalue weighted by Gasteiger charge is 2.15. The Balaban J connectivity index is 2.93. The summed E-state index contributed by atoms with van der Waals surface area (Å²) in [5, 5.41) is 6.07. The predicted molar refractivity (Wildman–Crippen MR) is 65.5 cm³/mol. The molecule has 1 rings (SSSR count). The van der Waals surface area contributed by atoms with Gasteiger partial charge < -0.3 is 10.6 Å². The molecule has 0 aliphatic carbocycles. The van der Waals surface area contributed by atoms with Crippen LogP contribution in [-0.4, -0.2) is 27.0 Å². The standard InChI is InChI=1S/C10H14ClN5/c1-5-10(3,4)16-9-14-7(11)13-8(15-9)12-6-2/h1H,6H2,2-4H3,(H2,12,13,14,15,16). The van der Waals surface area contributed by atoms with Crippen molar-refractivity contribution in [3.8, 4) is 12.3 Å². The molecule has 2 N–H and O–H groups in total. The Bertz CT molecular complexity index is 410. The van der Waals surface area contributed by atoms with Crippen LogP contribution in [0.15, 0.2) is 0 Å². The molecule has 0 bridgehead atoms. The van der Waals surface area contributed by atoms with Gasteiger partial charge in [0.15, 0.2) is 0 Å². The van der Waals surface area contributed by atoms with E-state index in [4.69, 9.17) is 18.0 Å². The van der Waals surface area contributed by atoms with Gasteiger partial charge in [-0.25, -0.2) is 0 Å². The Hall–Kier alpha value is -1.54. The van der Waals surface area contributed by atoms with Gasteiger partial charge in [-0.15, -0.1) is 6.42 Å². The zero-order valence-corrected chi connectivity index (χ0v) is 10.3. The zero-order chi connectivity index (χ0) is 12.2. The molecule has 0 saturated heterocycles. The first-order chi connectivity index (χ1) is 7.46. The van der Waals surface area contributed by atoms with Gasteiger partial charge >= 0.3 is 0 Å². The van der Waals surface area contributed by atoms with E-state index >= 15 is 0 Å². The number of rotatable bonds is 4. The topological polar surface area (TPSA) is 62.7 Å². The van der Waals surface area contributed by atoms with Crippen LogP contribution in [0.1, 0.15) is 20.8 Å². The molecule has 0 aromatic carbocycles. The monoisotopic (exact) mass is 239 g/mol. The lowest BCUT2D eigenvalue weighted by Crippen LogP contribution is -2.29. The van der Waals surface area contributed by atoms with Crippen molar-refractivity contribution in [3.63, 3.8) is 0 Å². The average molecular weight is 240 g/mol. The van der Waals surface area contributed by atoms with E-state index in [2.05, 4.69) is 31.5 Å². The molecule has 0 amide bonds. The minimum Gasteiger partial charge on any atom is -0.354 e. The van der Waals surface area contributed by atoms with Crippen molar-refractivity contribution in [3.05, 3.63) is 5.28 Å². The molecule has 0 fully saturated rings. The van der Waals surface area contributed by atoms with Gasteiger partial charge in [0.2, 0.25) is 17.2 Å². The van der Waals surface area contributed by atoms with Crippen LogP contribution < -0.4 is 10.6 Å². The summed E-state index contributed by atoms with van der Waals surface area (Å²) in [5.74, 6) is 3.37. The molecule has 1 aromatic heterocycles. The number of halogens is 1. The number of nitrogens with one attached hydrogen (secondary N) is 2. The molecule has 0 aliphatic rings. The first-order valence-electron chi connectivity index (χ1n) is 4.88. The number of anilines is 2. The summed E-state index contributed by atoms with van der Waals surface area (Å²) in [6, 6.07) is 0. The molecular weight excluding hydrogens is 226 g/mol. The lowest BCUT2D eigenvalue weighted by atomic mass is 10.1. The second-order valence-electron chi connectivity index (χ2n) is 3.68. The van der Waals surface area contributed by atoms with Crippen LogP contribution in [0.25, 0.3) is 0 Å². The van der Waals surface area contributed by atoms with Crippen LogP contribution in [0.3, 0.4) is 0 Å². The van der Waals surface area contributed by atoms with Crippen LogP contribution in [0.5, 0.6) is 0 Å². The minimum absolute atomic E-state index is 0.126. The van der Waals surface area contributed by atoms with Crippen LogP contribution >= 0.6 is 11.6 Å². The van der Waals surface area contributed by atoms with Crippen molar-refractivity contribution in [1.82, 2.24) is 15.0 Å². The lowest BCUT2D eigenvalue weighted by Gasteiger charge is -2.19. The maximum Gasteiger partial charge on any atom is 0.229 e. The third kappa shape index (κ3) is 3.55. The van der Waals surface area contributed by atoms with Crippen molar-refractivity contribution in [2.24, 2.45) is 0 Å². The summed E-state index contributed by atoms with van der Waals surface area (Å²) in [7, 11) is 0. The van der Waals surface area contributed by atoms with Gasteiger partial charge in [0.1, 0.15) is 0 Å². The Morgan fingerprint density at radius 2 is 1.94 bits per heavy atom. The molecule has 0 unspecified atom stereocenters. The van der Waals surface area contributed by atoms with Crippen LogP contribution in [-0.2, 0) is 0 Å². The average Bonchev–Trinajstić information content (AvgIpc) is 2.16. The van der Waals surface area contributed by atoms with Crippen molar-refractivity contribution in [2.45, 2.75) is 26.3 Å². The van der Waals surface area contributed by atoms with Crippen molar-refractivity contribution in [2.75, 3.05) is 17.2 Å². The molecule has 1 aromatic rings. The molecule has 1 heterocycles. The minimum atomic E-state index is -0.534. The highest BCUT2D eigenvalue weighted by molar-refractivity contribution is 6.28. The number of aromatic nitrogens is 3. The molecular formula is C10H14ClN5. The molecule has 6 heteroatoms. The fraction of sp³-hybridized carbons (Fsp3) is 0.500. The van der Waals surface area contributed by atoms with Crippen molar-refractivity contribution in [1.29, 1.82) is 0 Å². The van der Waals surface area contributed by atoms with Crippen molar-refractivity contribution < 1.29 is 0 Å². The van der Waals surface area contributed by atoms with E-state index in [0.29, 0.717) is 18.4 Å². The van der Waals surface area contributed by atoms with Gasteiger partial charge in [0.05, 0.1) is 5.54 Å². The zero-order valence-electron chi connectivity index (χ0n) is 9.50. The molecule has 0 aliphatic heterocycles. The lowest BCUT2D eigenvalue weighted by molar-refractivity contribution is 0.727. The van der Waals surface area contributed by atoms with E-state index in [9.17, 15) is 0 Å². The maximum atomic E-state index is 5.76. The van der Waals surface area contributed by atoms with E-state index in [0.717, 1.165) is 0 Å². The van der Waals surface area contributed by atoms with Gasteiger partial charge in [-0.1, -0.05) is 5.92 Å². The van der Waals surface area contributed by atoms with E-state index in [-0.39, 0.29) is 5.28 Å². The third-order valence-corrected chi connectivity index (χ3v) is 1.90. The molecule has 0 atom stereocenters. The van der Waals surface area contributed by atoms with Gasteiger partial charge in [-0.05, 0) is 32.4 Å². The summed E-state index contributed by atoms with van der Waals surface area (Å²) in [4.78, 5) is 12.0. The highest BCUT2D eigenvalue weighted by Crippen LogP contribution is 2.13. The van der Waals surface area contributed by atoms with Gasteiger partial charge in [0, 0.05) is 6.54 Å². The molecule has 0 saturated carbocycles. The quantitative estimate of drug-likeness (QED) is 0.785. The predicted octanol–water partition coefficient (Wildman–Crippen LogP) is 1.78. The van der Waals surface area contributed by atoms with E-state index in [1.165, 1.54) is 0 Å². The molecule has 0 radical (unpaired) electrons. The maximum absolute atomic E-state index is 5.76. The van der Waals surface area contributed by atoms with Crippen LogP contribution in [0, 0.1) is 12.3 Å². The summed E-state index contributed by atoms with van der Waals surface area (Å²) in [6.45, 7) is 6.34. The molecule has 16 heavy (non-hydrogen) atoms. The van der Waals surface area contributed by atoms with Gasteiger partial charge in [-0.3, -0.25) is 0 Å². The fourth-order valence-corrected chi connectivity index (χ4v) is 1.12. The first-order valence-corrected chi connectivity index (χ1v) is 5.26. The molecule has 0 spiro atoms. The molecule has 86 valence electrons.